The molecule has 17 heavy (non-hydrogen) atoms. The van der Waals surface area contributed by atoms with Crippen LogP contribution in [0.5, 0.6) is 0 Å². The largest absolute Gasteiger partial charge is 0.384 e. The predicted molar refractivity (Wildman–Crippen MR) is 65.4 cm³/mol. The molecule has 0 aliphatic heterocycles. The van der Waals surface area contributed by atoms with Crippen molar-refractivity contribution >= 4 is 17.4 Å². The molecule has 0 spiro atoms. The molecule has 1 aromatic heterocycles. The van der Waals surface area contributed by atoms with Crippen molar-refractivity contribution in [2.75, 3.05) is 17.7 Å². The minimum Gasteiger partial charge on any atom is -0.384 e. The van der Waals surface area contributed by atoms with Crippen LogP contribution >= 0.6 is 0 Å². The standard InChI is InChI=1S/C12H17N3O2/c1-8(17-7-9-2-3-9)12(16)15-10-4-5-11(13)14-6-10/h4-6,8-9H,2-3,7H2,1H3,(H2,13,14)(H,15,16)/t8-/m1/s1. The maximum absolute atomic E-state index is 11.7. The summed E-state index contributed by atoms with van der Waals surface area (Å²) in [6, 6.07) is 3.36. The highest BCUT2D eigenvalue weighted by Crippen LogP contribution is 2.29. The van der Waals surface area contributed by atoms with Gasteiger partial charge in [-0.25, -0.2) is 4.98 Å². The van der Waals surface area contributed by atoms with Gasteiger partial charge < -0.3 is 15.8 Å². The van der Waals surface area contributed by atoms with Gasteiger partial charge in [0.25, 0.3) is 5.91 Å². The Kier molecular flexibility index (Phi) is 3.58. The van der Waals surface area contributed by atoms with Crippen molar-refractivity contribution in [1.82, 2.24) is 4.98 Å². The molecule has 0 unspecified atom stereocenters. The highest BCUT2D eigenvalue weighted by atomic mass is 16.5. The second-order valence-electron chi connectivity index (χ2n) is 4.38. The summed E-state index contributed by atoms with van der Waals surface area (Å²) in [5.74, 6) is 0.932. The Bertz CT molecular complexity index is 387. The monoisotopic (exact) mass is 235 g/mol. The molecule has 3 N–H and O–H groups in total. The molecule has 2 rings (SSSR count). The van der Waals surface area contributed by atoms with Gasteiger partial charge in [0.05, 0.1) is 18.5 Å². The van der Waals surface area contributed by atoms with Crippen molar-refractivity contribution in [2.24, 2.45) is 5.92 Å². The molecule has 1 fully saturated rings. The van der Waals surface area contributed by atoms with Crippen LogP contribution in [0.15, 0.2) is 18.3 Å². The second kappa shape index (κ2) is 5.14. The topological polar surface area (TPSA) is 77.2 Å². The minimum absolute atomic E-state index is 0.155. The van der Waals surface area contributed by atoms with Crippen molar-refractivity contribution in [2.45, 2.75) is 25.9 Å². The zero-order chi connectivity index (χ0) is 12.3. The number of nitrogens with one attached hydrogen (secondary N) is 1. The number of carbonyl (C=O) groups excluding carboxylic acids is 1. The lowest BCUT2D eigenvalue weighted by atomic mass is 10.3. The molecular formula is C12H17N3O2. The van der Waals surface area contributed by atoms with Crippen molar-refractivity contribution in [1.29, 1.82) is 0 Å². The van der Waals surface area contributed by atoms with Crippen molar-refractivity contribution in [3.63, 3.8) is 0 Å². The molecule has 92 valence electrons. The van der Waals surface area contributed by atoms with Gasteiger partial charge in [-0.2, -0.15) is 0 Å². The van der Waals surface area contributed by atoms with Crippen molar-refractivity contribution < 1.29 is 9.53 Å². The van der Waals surface area contributed by atoms with E-state index in [0.29, 0.717) is 24.0 Å². The molecule has 1 aliphatic carbocycles. The van der Waals surface area contributed by atoms with Crippen molar-refractivity contribution in [3.05, 3.63) is 18.3 Å². The van der Waals surface area contributed by atoms with Gasteiger partial charge in [0.2, 0.25) is 0 Å². The molecule has 0 bridgehead atoms. The summed E-state index contributed by atoms with van der Waals surface area (Å²) in [4.78, 5) is 15.6. The molecule has 1 amide bonds. The Labute approximate surface area is 100 Å². The summed E-state index contributed by atoms with van der Waals surface area (Å²) in [5.41, 5.74) is 6.09. The average Bonchev–Trinajstić information content (AvgIpc) is 3.13. The van der Waals surface area contributed by atoms with E-state index in [9.17, 15) is 4.79 Å². The fraction of sp³-hybridized carbons (Fsp3) is 0.500. The van der Waals surface area contributed by atoms with E-state index in [1.165, 1.54) is 19.0 Å². The summed E-state index contributed by atoms with van der Waals surface area (Å²) < 4.78 is 5.47. The Balaban J connectivity index is 1.80. The highest BCUT2D eigenvalue weighted by molar-refractivity contribution is 5.93. The normalized spacial score (nSPS) is 16.5. The van der Waals surface area contributed by atoms with E-state index in [4.69, 9.17) is 10.5 Å². The van der Waals surface area contributed by atoms with E-state index in [0.717, 1.165) is 0 Å². The molecule has 5 heteroatoms. The lowest BCUT2D eigenvalue weighted by Gasteiger charge is -2.12. The lowest BCUT2D eigenvalue weighted by molar-refractivity contribution is -0.126. The van der Waals surface area contributed by atoms with E-state index in [-0.39, 0.29) is 5.91 Å². The van der Waals surface area contributed by atoms with E-state index in [1.807, 2.05) is 0 Å². The number of ether oxygens (including phenoxy) is 1. The number of hydrogen-bond donors (Lipinski definition) is 2. The number of amides is 1. The molecule has 1 aromatic rings. The molecular weight excluding hydrogens is 218 g/mol. The predicted octanol–water partition coefficient (Wildman–Crippen LogP) is 1.42. The van der Waals surface area contributed by atoms with Crippen LogP contribution in [0.3, 0.4) is 0 Å². The van der Waals surface area contributed by atoms with E-state index < -0.39 is 6.10 Å². The van der Waals surface area contributed by atoms with Crippen LogP contribution in [0.25, 0.3) is 0 Å². The number of carbonyl (C=O) groups is 1. The quantitative estimate of drug-likeness (QED) is 0.809. The number of nitrogens with zero attached hydrogens (tertiary/aromatic N) is 1. The number of rotatable bonds is 5. The van der Waals surface area contributed by atoms with Crippen LogP contribution in [0, 0.1) is 5.92 Å². The summed E-state index contributed by atoms with van der Waals surface area (Å²) in [6.45, 7) is 2.43. The number of pyridine rings is 1. The molecule has 1 aliphatic rings. The summed E-state index contributed by atoms with van der Waals surface area (Å²) >= 11 is 0. The van der Waals surface area contributed by atoms with E-state index >= 15 is 0 Å². The second-order valence-corrected chi connectivity index (χ2v) is 4.38. The van der Waals surface area contributed by atoms with E-state index in [2.05, 4.69) is 10.3 Å². The third-order valence-corrected chi connectivity index (χ3v) is 2.70. The molecule has 0 radical (unpaired) electrons. The van der Waals surface area contributed by atoms with Crippen LogP contribution in [0.4, 0.5) is 11.5 Å². The first kappa shape index (κ1) is 11.9. The number of hydrogen-bond acceptors (Lipinski definition) is 4. The van der Waals surface area contributed by atoms with Gasteiger partial charge in [-0.05, 0) is 37.8 Å². The number of nitrogens with two attached hydrogens (primary N) is 1. The molecule has 0 saturated heterocycles. The molecule has 1 atom stereocenters. The van der Waals surface area contributed by atoms with Crippen molar-refractivity contribution in [3.8, 4) is 0 Å². The zero-order valence-corrected chi connectivity index (χ0v) is 9.85. The number of nitrogen functional groups attached to an aromatic ring is 1. The highest BCUT2D eigenvalue weighted by Gasteiger charge is 2.24. The van der Waals surface area contributed by atoms with Gasteiger partial charge in [0.15, 0.2) is 0 Å². The Morgan fingerprint density at radius 3 is 3.00 bits per heavy atom. The van der Waals surface area contributed by atoms with Gasteiger partial charge in [-0.1, -0.05) is 0 Å². The number of aromatic nitrogens is 1. The first-order valence-electron chi connectivity index (χ1n) is 5.79. The third-order valence-electron chi connectivity index (χ3n) is 2.70. The molecule has 1 heterocycles. The van der Waals surface area contributed by atoms with Gasteiger partial charge >= 0.3 is 0 Å². The van der Waals surface area contributed by atoms with Crippen LogP contribution < -0.4 is 11.1 Å². The number of anilines is 2. The average molecular weight is 235 g/mol. The van der Waals surface area contributed by atoms with Gasteiger partial charge in [0, 0.05) is 0 Å². The van der Waals surface area contributed by atoms with Crippen LogP contribution in [-0.2, 0) is 9.53 Å². The fourth-order valence-electron chi connectivity index (χ4n) is 1.36. The van der Waals surface area contributed by atoms with Gasteiger partial charge in [-0.3, -0.25) is 4.79 Å². The maximum Gasteiger partial charge on any atom is 0.253 e. The van der Waals surface area contributed by atoms with Crippen LogP contribution in [0.2, 0.25) is 0 Å². The summed E-state index contributed by atoms with van der Waals surface area (Å²) in [6.07, 6.45) is 3.53. The minimum atomic E-state index is -0.437. The SMILES string of the molecule is C[C@@H](OCC1CC1)C(=O)Nc1ccc(N)nc1. The van der Waals surface area contributed by atoms with Crippen LogP contribution in [-0.4, -0.2) is 23.6 Å². The van der Waals surface area contributed by atoms with Gasteiger partial charge in [-0.15, -0.1) is 0 Å². The summed E-state index contributed by atoms with van der Waals surface area (Å²) in [5, 5.41) is 2.73. The Morgan fingerprint density at radius 2 is 2.41 bits per heavy atom. The van der Waals surface area contributed by atoms with Crippen LogP contribution in [0.1, 0.15) is 19.8 Å². The fourth-order valence-corrected chi connectivity index (χ4v) is 1.36. The Hall–Kier alpha value is -1.62. The molecule has 5 nitrogen and oxygen atoms in total. The molecule has 1 saturated carbocycles. The summed E-state index contributed by atoms with van der Waals surface area (Å²) in [7, 11) is 0. The smallest absolute Gasteiger partial charge is 0.253 e. The maximum atomic E-state index is 11.7. The molecule has 0 aromatic carbocycles. The third kappa shape index (κ3) is 3.71. The first-order chi connectivity index (χ1) is 8.15. The Morgan fingerprint density at radius 1 is 1.65 bits per heavy atom. The zero-order valence-electron chi connectivity index (χ0n) is 9.85. The van der Waals surface area contributed by atoms with E-state index in [1.54, 1.807) is 19.1 Å². The lowest BCUT2D eigenvalue weighted by Crippen LogP contribution is -2.28. The first-order valence-corrected chi connectivity index (χ1v) is 5.79. The van der Waals surface area contributed by atoms with Gasteiger partial charge in [0.1, 0.15) is 11.9 Å².